The molecule has 7 heteroatoms. The summed E-state index contributed by atoms with van der Waals surface area (Å²) in [4.78, 5) is 19.4. The van der Waals surface area contributed by atoms with Gasteiger partial charge in [0, 0.05) is 42.6 Å². The Morgan fingerprint density at radius 2 is 2.20 bits per heavy atom. The van der Waals surface area contributed by atoms with Gasteiger partial charge in [0.2, 0.25) is 0 Å². The first-order chi connectivity index (χ1) is 9.70. The van der Waals surface area contributed by atoms with E-state index < -0.39 is 0 Å². The van der Waals surface area contributed by atoms with Crippen LogP contribution in [0.2, 0.25) is 0 Å². The zero-order chi connectivity index (χ0) is 14.4. The quantitative estimate of drug-likeness (QED) is 0.811. The van der Waals surface area contributed by atoms with Gasteiger partial charge in [0.15, 0.2) is 10.8 Å². The van der Waals surface area contributed by atoms with Gasteiger partial charge in [-0.1, -0.05) is 0 Å². The highest BCUT2D eigenvalue weighted by Gasteiger charge is 2.16. The molecule has 0 amide bonds. The Labute approximate surface area is 128 Å². The van der Waals surface area contributed by atoms with Crippen molar-refractivity contribution in [2.24, 2.45) is 0 Å². The summed E-state index contributed by atoms with van der Waals surface area (Å²) in [5, 5.41) is 4.10. The van der Waals surface area contributed by atoms with Gasteiger partial charge >= 0.3 is 5.97 Å². The second kappa shape index (κ2) is 7.85. The minimum Gasteiger partial charge on any atom is -0.461 e. The van der Waals surface area contributed by atoms with E-state index in [0.717, 1.165) is 36.2 Å². The van der Waals surface area contributed by atoms with Gasteiger partial charge in [-0.3, -0.25) is 4.90 Å². The van der Waals surface area contributed by atoms with Crippen molar-refractivity contribution in [2.45, 2.75) is 13.8 Å². The maximum atomic E-state index is 11.7. The van der Waals surface area contributed by atoms with E-state index in [0.29, 0.717) is 12.3 Å². The number of carbonyl (C=O) groups excluding carboxylic acids is 1. The monoisotopic (exact) mass is 315 g/mol. The molecule has 2 heterocycles. The molecule has 0 saturated carbocycles. The Hall–Kier alpha value is -0.790. The van der Waals surface area contributed by atoms with Crippen LogP contribution in [0.1, 0.15) is 22.3 Å². The van der Waals surface area contributed by atoms with Gasteiger partial charge in [0.25, 0.3) is 0 Å². The number of carbonyl (C=O) groups is 1. The fourth-order valence-corrected chi connectivity index (χ4v) is 3.81. The van der Waals surface area contributed by atoms with Crippen LogP contribution in [0.3, 0.4) is 0 Å². The lowest BCUT2D eigenvalue weighted by atomic mass is 10.4. The van der Waals surface area contributed by atoms with E-state index in [4.69, 9.17) is 4.74 Å². The van der Waals surface area contributed by atoms with Crippen molar-refractivity contribution in [3.8, 4) is 0 Å². The molecule has 1 fully saturated rings. The normalized spacial score (nSPS) is 16.1. The molecule has 112 valence electrons. The smallest absolute Gasteiger partial charge is 0.358 e. The van der Waals surface area contributed by atoms with Crippen molar-refractivity contribution < 1.29 is 9.53 Å². The third kappa shape index (κ3) is 4.36. The van der Waals surface area contributed by atoms with Crippen LogP contribution in [0.25, 0.3) is 0 Å². The summed E-state index contributed by atoms with van der Waals surface area (Å²) in [7, 11) is 0. The molecule has 20 heavy (non-hydrogen) atoms. The van der Waals surface area contributed by atoms with E-state index in [1.807, 2.05) is 18.7 Å². The van der Waals surface area contributed by atoms with Crippen LogP contribution in [0.5, 0.6) is 0 Å². The van der Waals surface area contributed by atoms with E-state index in [-0.39, 0.29) is 5.97 Å². The second-order valence-electron chi connectivity index (χ2n) is 4.53. The second-order valence-corrected chi connectivity index (χ2v) is 6.95. The van der Waals surface area contributed by atoms with Gasteiger partial charge < -0.3 is 10.1 Å². The number of rotatable bonds is 6. The number of nitrogens with one attached hydrogen (secondary N) is 1. The number of thiazole rings is 1. The third-order valence-electron chi connectivity index (χ3n) is 3.07. The van der Waals surface area contributed by atoms with E-state index in [9.17, 15) is 4.79 Å². The standard InChI is InChI=1S/C13H21N3O2S2/c1-3-18-12(17)11-10(2)20-13(15-11)14-4-5-16-6-8-19-9-7-16/h3-9H2,1-2H3,(H,14,15). The number of ether oxygens (including phenoxy) is 1. The molecular weight excluding hydrogens is 294 g/mol. The average Bonchev–Trinajstić information content (AvgIpc) is 2.81. The summed E-state index contributed by atoms with van der Waals surface area (Å²) in [5.41, 5.74) is 0.439. The molecule has 1 aromatic rings. The average molecular weight is 315 g/mol. The van der Waals surface area contributed by atoms with Gasteiger partial charge in [-0.25, -0.2) is 9.78 Å². The van der Waals surface area contributed by atoms with Crippen LogP contribution in [0.4, 0.5) is 5.13 Å². The van der Waals surface area contributed by atoms with Gasteiger partial charge in [0.1, 0.15) is 0 Å². The Balaban J connectivity index is 1.81. The third-order valence-corrected chi connectivity index (χ3v) is 4.94. The Kier molecular flexibility index (Phi) is 6.12. The lowest BCUT2D eigenvalue weighted by Gasteiger charge is -2.25. The molecule has 0 atom stereocenters. The van der Waals surface area contributed by atoms with Crippen molar-refractivity contribution in [1.29, 1.82) is 0 Å². The summed E-state index contributed by atoms with van der Waals surface area (Å²) in [6, 6.07) is 0. The fourth-order valence-electron chi connectivity index (χ4n) is 2.01. The molecule has 0 aromatic carbocycles. The molecule has 1 N–H and O–H groups in total. The molecule has 2 rings (SSSR count). The van der Waals surface area contributed by atoms with E-state index in [1.165, 1.54) is 22.8 Å². The molecule has 1 aliphatic heterocycles. The SMILES string of the molecule is CCOC(=O)c1nc(NCCN2CCSCC2)sc1C. The number of aromatic nitrogens is 1. The minimum atomic E-state index is -0.331. The predicted octanol–water partition coefficient (Wildman–Crippen LogP) is 2.09. The molecule has 1 aliphatic rings. The first kappa shape index (κ1) is 15.6. The molecule has 0 bridgehead atoms. The Morgan fingerprint density at radius 3 is 2.90 bits per heavy atom. The van der Waals surface area contributed by atoms with Crippen LogP contribution in [-0.4, -0.2) is 60.1 Å². The lowest BCUT2D eigenvalue weighted by molar-refractivity contribution is 0.0519. The summed E-state index contributed by atoms with van der Waals surface area (Å²) in [6.45, 7) is 8.29. The van der Waals surface area contributed by atoms with Crippen LogP contribution in [-0.2, 0) is 4.74 Å². The van der Waals surface area contributed by atoms with Crippen molar-refractivity contribution in [1.82, 2.24) is 9.88 Å². The van der Waals surface area contributed by atoms with Crippen LogP contribution in [0.15, 0.2) is 0 Å². The highest BCUT2D eigenvalue weighted by molar-refractivity contribution is 7.99. The van der Waals surface area contributed by atoms with Crippen molar-refractivity contribution in [3.63, 3.8) is 0 Å². The number of thioether (sulfide) groups is 1. The number of aryl methyl sites for hydroxylation is 1. The first-order valence-electron chi connectivity index (χ1n) is 6.89. The first-order valence-corrected chi connectivity index (χ1v) is 8.86. The molecule has 0 aliphatic carbocycles. The van der Waals surface area contributed by atoms with Gasteiger partial charge in [0.05, 0.1) is 6.61 Å². The van der Waals surface area contributed by atoms with Crippen molar-refractivity contribution in [3.05, 3.63) is 10.6 Å². The highest BCUT2D eigenvalue weighted by Crippen LogP contribution is 2.22. The van der Waals surface area contributed by atoms with Gasteiger partial charge in [-0.15, -0.1) is 11.3 Å². The molecular formula is C13H21N3O2S2. The highest BCUT2D eigenvalue weighted by atomic mass is 32.2. The number of nitrogens with zero attached hydrogens (tertiary/aromatic N) is 2. The maximum absolute atomic E-state index is 11.7. The molecule has 0 spiro atoms. The Bertz CT molecular complexity index is 445. The molecule has 5 nitrogen and oxygen atoms in total. The van der Waals surface area contributed by atoms with E-state index in [1.54, 1.807) is 6.92 Å². The largest absolute Gasteiger partial charge is 0.461 e. The summed E-state index contributed by atoms with van der Waals surface area (Å²) < 4.78 is 4.99. The van der Waals surface area contributed by atoms with Crippen LogP contribution >= 0.6 is 23.1 Å². The molecule has 1 saturated heterocycles. The van der Waals surface area contributed by atoms with Crippen LogP contribution in [0, 0.1) is 6.92 Å². The number of hydrogen-bond acceptors (Lipinski definition) is 7. The summed E-state index contributed by atoms with van der Waals surface area (Å²) in [6.07, 6.45) is 0. The number of hydrogen-bond donors (Lipinski definition) is 1. The zero-order valence-electron chi connectivity index (χ0n) is 12.0. The fraction of sp³-hybridized carbons (Fsp3) is 0.692. The lowest BCUT2D eigenvalue weighted by Crippen LogP contribution is -2.36. The number of esters is 1. The minimum absolute atomic E-state index is 0.331. The summed E-state index contributed by atoms with van der Waals surface area (Å²) in [5.74, 6) is 2.12. The van der Waals surface area contributed by atoms with Gasteiger partial charge in [-0.2, -0.15) is 11.8 Å². The molecule has 1 aromatic heterocycles. The van der Waals surface area contributed by atoms with E-state index >= 15 is 0 Å². The maximum Gasteiger partial charge on any atom is 0.358 e. The number of anilines is 1. The van der Waals surface area contributed by atoms with Crippen molar-refractivity contribution in [2.75, 3.05) is 49.6 Å². The van der Waals surface area contributed by atoms with E-state index in [2.05, 4.69) is 15.2 Å². The van der Waals surface area contributed by atoms with Crippen LogP contribution < -0.4 is 5.32 Å². The zero-order valence-corrected chi connectivity index (χ0v) is 13.6. The predicted molar refractivity (Wildman–Crippen MR) is 85.1 cm³/mol. The topological polar surface area (TPSA) is 54.5 Å². The Morgan fingerprint density at radius 1 is 1.45 bits per heavy atom. The summed E-state index contributed by atoms with van der Waals surface area (Å²) >= 11 is 3.53. The van der Waals surface area contributed by atoms with Gasteiger partial charge in [-0.05, 0) is 13.8 Å². The molecule has 0 unspecified atom stereocenters. The molecule has 0 radical (unpaired) electrons. The van der Waals surface area contributed by atoms with Crippen molar-refractivity contribution >= 4 is 34.2 Å².